The second-order valence-electron chi connectivity index (χ2n) is 7.30. The second kappa shape index (κ2) is 8.68. The number of carbonyl (C=O) groups is 2. The van der Waals surface area contributed by atoms with Gasteiger partial charge in [0.25, 0.3) is 5.91 Å². The summed E-state index contributed by atoms with van der Waals surface area (Å²) in [6, 6.07) is 14.0. The van der Waals surface area contributed by atoms with Gasteiger partial charge < -0.3 is 15.2 Å². The van der Waals surface area contributed by atoms with E-state index in [4.69, 9.17) is 4.74 Å². The van der Waals surface area contributed by atoms with Gasteiger partial charge in [0.2, 0.25) is 0 Å². The Labute approximate surface area is 159 Å². The zero-order valence-corrected chi connectivity index (χ0v) is 16.1. The molecule has 2 aromatic rings. The Morgan fingerprint density at radius 2 is 1.63 bits per heavy atom. The molecule has 0 radical (unpaired) electrons. The third kappa shape index (κ3) is 6.75. The minimum absolute atomic E-state index is 0.210. The van der Waals surface area contributed by atoms with E-state index in [2.05, 4.69) is 10.6 Å². The smallest absolute Gasteiger partial charge is 0.412 e. The number of amides is 2. The average molecular weight is 370 g/mol. The maximum absolute atomic E-state index is 12.3. The Morgan fingerprint density at radius 3 is 2.15 bits per heavy atom. The van der Waals surface area contributed by atoms with Crippen molar-refractivity contribution in [3.63, 3.8) is 0 Å². The number of hydrogen-bond donors (Lipinski definition) is 3. The van der Waals surface area contributed by atoms with Crippen LogP contribution in [0.25, 0.3) is 0 Å². The van der Waals surface area contributed by atoms with Crippen molar-refractivity contribution in [3.05, 3.63) is 65.2 Å². The molecular formula is C21H26N2O4. The zero-order valence-electron chi connectivity index (χ0n) is 16.1. The summed E-state index contributed by atoms with van der Waals surface area (Å²) >= 11 is 0. The maximum Gasteiger partial charge on any atom is 0.412 e. The molecule has 0 saturated heterocycles. The normalized spacial score (nSPS) is 12.2. The van der Waals surface area contributed by atoms with Crippen LogP contribution in [-0.2, 0) is 11.3 Å². The van der Waals surface area contributed by atoms with Crippen molar-refractivity contribution >= 4 is 17.7 Å². The summed E-state index contributed by atoms with van der Waals surface area (Å²) in [5.41, 5.74) is 2.24. The van der Waals surface area contributed by atoms with Gasteiger partial charge in [0.15, 0.2) is 0 Å². The van der Waals surface area contributed by atoms with E-state index >= 15 is 0 Å². The second-order valence-corrected chi connectivity index (χ2v) is 7.30. The summed E-state index contributed by atoms with van der Waals surface area (Å²) in [7, 11) is 0. The number of nitrogens with one attached hydrogen (secondary N) is 2. The lowest BCUT2D eigenvalue weighted by atomic mass is 10.1. The number of aliphatic hydroxyl groups excluding tert-OH is 1. The van der Waals surface area contributed by atoms with Gasteiger partial charge in [0.05, 0.1) is 6.10 Å². The fourth-order valence-electron chi connectivity index (χ4n) is 2.32. The van der Waals surface area contributed by atoms with Crippen molar-refractivity contribution in [1.82, 2.24) is 5.32 Å². The number of benzene rings is 2. The van der Waals surface area contributed by atoms with Gasteiger partial charge >= 0.3 is 6.09 Å². The molecule has 0 heterocycles. The lowest BCUT2D eigenvalue weighted by molar-refractivity contribution is 0.0635. The van der Waals surface area contributed by atoms with Crippen molar-refractivity contribution in [2.75, 3.05) is 5.32 Å². The molecule has 0 aromatic heterocycles. The Balaban J connectivity index is 1.88. The number of carbonyl (C=O) groups excluding carboxylic acids is 2. The van der Waals surface area contributed by atoms with Crippen molar-refractivity contribution in [3.8, 4) is 0 Å². The molecule has 0 aliphatic carbocycles. The lowest BCUT2D eigenvalue weighted by Gasteiger charge is -2.19. The van der Waals surface area contributed by atoms with E-state index in [0.29, 0.717) is 17.8 Å². The van der Waals surface area contributed by atoms with E-state index in [0.717, 1.165) is 11.1 Å². The molecule has 2 amide bonds. The Hall–Kier alpha value is -2.86. The fourth-order valence-corrected chi connectivity index (χ4v) is 2.32. The van der Waals surface area contributed by atoms with Crippen LogP contribution in [0.1, 0.15) is 55.3 Å². The first-order valence-electron chi connectivity index (χ1n) is 8.79. The topological polar surface area (TPSA) is 87.7 Å². The fraction of sp³-hybridized carbons (Fsp3) is 0.333. The summed E-state index contributed by atoms with van der Waals surface area (Å²) < 4.78 is 5.18. The van der Waals surface area contributed by atoms with Gasteiger partial charge in [-0.2, -0.15) is 0 Å². The van der Waals surface area contributed by atoms with Gasteiger partial charge in [-0.15, -0.1) is 0 Å². The summed E-state index contributed by atoms with van der Waals surface area (Å²) in [5, 5.41) is 15.0. The number of ether oxygens (including phenoxy) is 1. The van der Waals surface area contributed by atoms with Crippen molar-refractivity contribution in [2.45, 2.75) is 45.9 Å². The minimum Gasteiger partial charge on any atom is -0.444 e. The summed E-state index contributed by atoms with van der Waals surface area (Å²) in [5.74, 6) is -0.210. The molecule has 0 aliphatic heterocycles. The highest BCUT2D eigenvalue weighted by atomic mass is 16.6. The molecule has 0 spiro atoms. The standard InChI is InChI=1S/C21H26N2O4/c1-14(24)16-7-5-15(6-8-16)13-22-19(25)17-9-11-18(12-10-17)23-20(26)27-21(2,3)4/h5-12,14,24H,13H2,1-4H3,(H,22,25)(H,23,26). The molecule has 0 aliphatic rings. The van der Waals surface area contributed by atoms with E-state index < -0.39 is 17.8 Å². The van der Waals surface area contributed by atoms with Crippen LogP contribution in [0, 0.1) is 0 Å². The third-order valence-electron chi connectivity index (χ3n) is 3.71. The number of hydrogen-bond acceptors (Lipinski definition) is 4. The highest BCUT2D eigenvalue weighted by Gasteiger charge is 2.16. The van der Waals surface area contributed by atoms with E-state index in [9.17, 15) is 14.7 Å². The average Bonchev–Trinajstić information content (AvgIpc) is 2.59. The van der Waals surface area contributed by atoms with E-state index in [1.54, 1.807) is 52.0 Å². The molecule has 3 N–H and O–H groups in total. The molecule has 6 heteroatoms. The van der Waals surface area contributed by atoms with Gasteiger partial charge in [-0.3, -0.25) is 10.1 Å². The molecule has 1 unspecified atom stereocenters. The molecule has 27 heavy (non-hydrogen) atoms. The number of anilines is 1. The highest BCUT2D eigenvalue weighted by Crippen LogP contribution is 2.14. The quantitative estimate of drug-likeness (QED) is 0.742. The first-order chi connectivity index (χ1) is 12.6. The van der Waals surface area contributed by atoms with Gasteiger partial charge in [-0.25, -0.2) is 4.79 Å². The predicted molar refractivity (Wildman–Crippen MR) is 105 cm³/mol. The molecule has 0 bridgehead atoms. The molecule has 1 atom stereocenters. The molecular weight excluding hydrogens is 344 g/mol. The summed E-state index contributed by atoms with van der Waals surface area (Å²) in [6.45, 7) is 7.46. The van der Waals surface area contributed by atoms with Crippen molar-refractivity contribution in [1.29, 1.82) is 0 Å². The van der Waals surface area contributed by atoms with Gasteiger partial charge in [0.1, 0.15) is 5.60 Å². The van der Waals surface area contributed by atoms with Gasteiger partial charge in [0, 0.05) is 17.8 Å². The van der Waals surface area contributed by atoms with Gasteiger partial charge in [-0.1, -0.05) is 24.3 Å². The van der Waals surface area contributed by atoms with Crippen molar-refractivity contribution < 1.29 is 19.4 Å². The molecule has 6 nitrogen and oxygen atoms in total. The molecule has 0 saturated carbocycles. The molecule has 2 aromatic carbocycles. The highest BCUT2D eigenvalue weighted by molar-refractivity contribution is 5.95. The number of aliphatic hydroxyl groups is 1. The third-order valence-corrected chi connectivity index (χ3v) is 3.71. The van der Waals surface area contributed by atoms with Crippen LogP contribution in [0.4, 0.5) is 10.5 Å². The Morgan fingerprint density at radius 1 is 1.04 bits per heavy atom. The molecule has 0 fully saturated rings. The summed E-state index contributed by atoms with van der Waals surface area (Å²) in [6.07, 6.45) is -1.05. The van der Waals surface area contributed by atoms with Crippen LogP contribution in [0.2, 0.25) is 0 Å². The minimum atomic E-state index is -0.572. The first-order valence-corrected chi connectivity index (χ1v) is 8.79. The van der Waals surface area contributed by atoms with Gasteiger partial charge in [-0.05, 0) is 63.1 Å². The van der Waals surface area contributed by atoms with E-state index in [-0.39, 0.29) is 5.91 Å². The molecule has 2 rings (SSSR count). The predicted octanol–water partition coefficient (Wildman–Crippen LogP) is 4.02. The van der Waals surface area contributed by atoms with Crippen LogP contribution >= 0.6 is 0 Å². The van der Waals surface area contributed by atoms with E-state index in [1.807, 2.05) is 24.3 Å². The van der Waals surface area contributed by atoms with Crippen molar-refractivity contribution in [2.24, 2.45) is 0 Å². The van der Waals surface area contributed by atoms with Crippen LogP contribution in [-0.4, -0.2) is 22.7 Å². The first kappa shape index (κ1) is 20.5. The zero-order chi connectivity index (χ0) is 20.0. The Bertz CT molecular complexity index is 775. The maximum atomic E-state index is 12.3. The van der Waals surface area contributed by atoms with Crippen LogP contribution < -0.4 is 10.6 Å². The van der Waals surface area contributed by atoms with Crippen LogP contribution in [0.5, 0.6) is 0 Å². The number of rotatable bonds is 5. The SMILES string of the molecule is CC(O)c1ccc(CNC(=O)c2ccc(NC(=O)OC(C)(C)C)cc2)cc1. The van der Waals surface area contributed by atoms with Crippen LogP contribution in [0.15, 0.2) is 48.5 Å². The van der Waals surface area contributed by atoms with Crippen LogP contribution in [0.3, 0.4) is 0 Å². The Kier molecular flexibility index (Phi) is 6.58. The lowest BCUT2D eigenvalue weighted by Crippen LogP contribution is -2.27. The molecule has 144 valence electrons. The largest absolute Gasteiger partial charge is 0.444 e. The summed E-state index contributed by atoms with van der Waals surface area (Å²) in [4.78, 5) is 24.0. The monoisotopic (exact) mass is 370 g/mol. The van der Waals surface area contributed by atoms with E-state index in [1.165, 1.54) is 0 Å².